The third-order valence-corrected chi connectivity index (χ3v) is 5.15. The zero-order chi connectivity index (χ0) is 18.1. The first-order chi connectivity index (χ1) is 11.8. The van der Waals surface area contributed by atoms with Gasteiger partial charge in [-0.25, -0.2) is 4.98 Å². The number of nitrogens with zero attached hydrogens (tertiary/aromatic N) is 2. The molecule has 1 aliphatic heterocycles. The highest BCUT2D eigenvalue weighted by Gasteiger charge is 2.45. The molecule has 0 aliphatic carbocycles. The molecule has 0 spiro atoms. The average molecular weight is 407 g/mol. The second-order valence-corrected chi connectivity index (χ2v) is 8.15. The van der Waals surface area contributed by atoms with Gasteiger partial charge in [-0.2, -0.15) is 8.42 Å². The molecule has 0 unspecified atom stereocenters. The normalized spacial score (nSPS) is 23.9. The number of hydrogen-bond donors (Lipinski definition) is 1. The Labute approximate surface area is 155 Å². The minimum atomic E-state index is -4.07. The first-order valence-corrected chi connectivity index (χ1v) is 9.82. The molecule has 2 atom stereocenters. The lowest BCUT2D eigenvalue weighted by Crippen LogP contribution is -2.34. The Balaban J connectivity index is 1.88. The monoisotopic (exact) mass is 406 g/mol. The summed E-state index contributed by atoms with van der Waals surface area (Å²) < 4.78 is 44.6. The molecule has 1 aromatic carbocycles. The van der Waals surface area contributed by atoms with E-state index in [-0.39, 0.29) is 19.6 Å². The van der Waals surface area contributed by atoms with Crippen molar-refractivity contribution in [3.05, 3.63) is 52.5 Å². The van der Waals surface area contributed by atoms with Crippen LogP contribution in [0.25, 0.3) is 0 Å². The van der Waals surface area contributed by atoms with Crippen LogP contribution >= 0.6 is 23.2 Å². The van der Waals surface area contributed by atoms with Crippen LogP contribution in [0.5, 0.6) is 0 Å². The Morgan fingerprint density at radius 3 is 2.84 bits per heavy atom. The van der Waals surface area contributed by atoms with Crippen molar-refractivity contribution < 1.29 is 22.4 Å². The van der Waals surface area contributed by atoms with E-state index in [1.54, 1.807) is 41.5 Å². The number of rotatable bonds is 6. The van der Waals surface area contributed by atoms with E-state index in [0.29, 0.717) is 15.6 Å². The molecule has 3 rings (SSSR count). The minimum Gasteiger partial charge on any atom is -0.342 e. The fourth-order valence-electron chi connectivity index (χ4n) is 2.72. The Hall–Kier alpha value is -1.16. The summed E-state index contributed by atoms with van der Waals surface area (Å²) in [4.78, 5) is 4.00. The SMILES string of the molecule is O=S(=O)(O)CC[C@@H]1CO[C@@](Cn2ccnc2)(c2ccc(Cl)cc2Cl)O1. The van der Waals surface area contributed by atoms with Gasteiger partial charge in [0.05, 0.1) is 36.4 Å². The molecular weight excluding hydrogens is 391 g/mol. The highest BCUT2D eigenvalue weighted by molar-refractivity contribution is 7.85. The zero-order valence-corrected chi connectivity index (χ0v) is 15.3. The van der Waals surface area contributed by atoms with Gasteiger partial charge in [0.25, 0.3) is 10.1 Å². The summed E-state index contributed by atoms with van der Waals surface area (Å²) in [5.74, 6) is -1.61. The van der Waals surface area contributed by atoms with Crippen molar-refractivity contribution in [1.82, 2.24) is 9.55 Å². The molecule has 1 N–H and O–H groups in total. The van der Waals surface area contributed by atoms with Gasteiger partial charge < -0.3 is 14.0 Å². The molecule has 7 nitrogen and oxygen atoms in total. The van der Waals surface area contributed by atoms with Crippen LogP contribution in [0.2, 0.25) is 10.0 Å². The summed E-state index contributed by atoms with van der Waals surface area (Å²) in [5, 5.41) is 0.857. The molecule has 10 heteroatoms. The van der Waals surface area contributed by atoms with Gasteiger partial charge in [0, 0.05) is 23.0 Å². The molecule has 1 saturated heterocycles. The summed E-state index contributed by atoms with van der Waals surface area (Å²) >= 11 is 12.3. The van der Waals surface area contributed by atoms with E-state index in [1.165, 1.54) is 0 Å². The second-order valence-electron chi connectivity index (χ2n) is 5.74. The van der Waals surface area contributed by atoms with Crippen LogP contribution in [0.1, 0.15) is 12.0 Å². The van der Waals surface area contributed by atoms with E-state index >= 15 is 0 Å². The Morgan fingerprint density at radius 1 is 1.40 bits per heavy atom. The van der Waals surface area contributed by atoms with Crippen LogP contribution in [0.4, 0.5) is 0 Å². The Kier molecular flexibility index (Phi) is 5.38. The van der Waals surface area contributed by atoms with Crippen LogP contribution in [-0.2, 0) is 31.9 Å². The molecule has 136 valence electrons. The topological polar surface area (TPSA) is 90.7 Å². The third-order valence-electron chi connectivity index (χ3n) is 3.85. The molecule has 25 heavy (non-hydrogen) atoms. The van der Waals surface area contributed by atoms with E-state index in [1.807, 2.05) is 0 Å². The van der Waals surface area contributed by atoms with E-state index < -0.39 is 27.8 Å². The van der Waals surface area contributed by atoms with Crippen molar-refractivity contribution in [1.29, 1.82) is 0 Å². The fraction of sp³-hybridized carbons (Fsp3) is 0.400. The molecule has 2 heterocycles. The van der Waals surface area contributed by atoms with Crippen molar-refractivity contribution in [3.8, 4) is 0 Å². The molecule has 1 fully saturated rings. The van der Waals surface area contributed by atoms with E-state index in [9.17, 15) is 8.42 Å². The van der Waals surface area contributed by atoms with Crippen LogP contribution < -0.4 is 0 Å². The lowest BCUT2D eigenvalue weighted by Gasteiger charge is -2.30. The largest absolute Gasteiger partial charge is 0.342 e. The van der Waals surface area contributed by atoms with Gasteiger partial charge in [-0.3, -0.25) is 4.55 Å². The molecule has 0 radical (unpaired) electrons. The maximum Gasteiger partial charge on any atom is 0.264 e. The maximum atomic E-state index is 11.0. The quantitative estimate of drug-likeness (QED) is 0.741. The first kappa shape index (κ1) is 18.6. The van der Waals surface area contributed by atoms with E-state index in [4.69, 9.17) is 37.2 Å². The zero-order valence-electron chi connectivity index (χ0n) is 13.0. The number of hydrogen-bond acceptors (Lipinski definition) is 5. The van der Waals surface area contributed by atoms with Crippen molar-refractivity contribution in [2.24, 2.45) is 0 Å². The number of ether oxygens (including phenoxy) is 2. The molecular formula is C15H16Cl2N2O5S. The highest BCUT2D eigenvalue weighted by atomic mass is 35.5. The van der Waals surface area contributed by atoms with Crippen LogP contribution in [0.15, 0.2) is 36.9 Å². The molecule has 0 amide bonds. The minimum absolute atomic E-state index is 0.107. The van der Waals surface area contributed by atoms with Gasteiger partial charge in [-0.05, 0) is 18.6 Å². The molecule has 0 saturated carbocycles. The predicted molar refractivity (Wildman–Crippen MR) is 92.2 cm³/mol. The van der Waals surface area contributed by atoms with Gasteiger partial charge in [0.1, 0.15) is 0 Å². The lowest BCUT2D eigenvalue weighted by atomic mass is 10.1. The third kappa shape index (κ3) is 4.52. The number of imidazole rings is 1. The average Bonchev–Trinajstić information content (AvgIpc) is 3.15. The van der Waals surface area contributed by atoms with Crippen LogP contribution in [0.3, 0.4) is 0 Å². The van der Waals surface area contributed by atoms with Crippen LogP contribution in [-0.4, -0.2) is 41.0 Å². The van der Waals surface area contributed by atoms with E-state index in [0.717, 1.165) is 0 Å². The standard InChI is InChI=1S/C15H16Cl2N2O5S/c16-11-1-2-13(14(17)7-11)15(9-19-5-4-18-10-19)23-8-12(24-15)3-6-25(20,21)22/h1-2,4-5,7,10,12H,3,6,8-9H2,(H,20,21,22)/t12-,15-/m1/s1. The van der Waals surface area contributed by atoms with Crippen molar-refractivity contribution in [2.45, 2.75) is 24.9 Å². The summed E-state index contributed by atoms with van der Waals surface area (Å²) in [6.07, 6.45) is 4.60. The Bertz CT molecular complexity index is 844. The van der Waals surface area contributed by atoms with Crippen molar-refractivity contribution >= 4 is 33.3 Å². The van der Waals surface area contributed by atoms with Crippen molar-refractivity contribution in [2.75, 3.05) is 12.4 Å². The highest BCUT2D eigenvalue weighted by Crippen LogP contribution is 2.41. The summed E-state index contributed by atoms with van der Waals surface area (Å²) in [7, 11) is -4.07. The number of aromatic nitrogens is 2. The lowest BCUT2D eigenvalue weighted by molar-refractivity contribution is -0.187. The first-order valence-electron chi connectivity index (χ1n) is 7.46. The number of halogens is 2. The van der Waals surface area contributed by atoms with E-state index in [2.05, 4.69) is 4.98 Å². The Morgan fingerprint density at radius 2 is 2.20 bits per heavy atom. The summed E-state index contributed by atoms with van der Waals surface area (Å²) in [6, 6.07) is 4.98. The fourth-order valence-corrected chi connectivity index (χ4v) is 3.83. The van der Waals surface area contributed by atoms with Gasteiger partial charge >= 0.3 is 0 Å². The molecule has 1 aliphatic rings. The van der Waals surface area contributed by atoms with Crippen molar-refractivity contribution in [3.63, 3.8) is 0 Å². The molecule has 2 aromatic rings. The summed E-state index contributed by atoms with van der Waals surface area (Å²) in [6.45, 7) is 0.444. The molecule has 0 bridgehead atoms. The van der Waals surface area contributed by atoms with Crippen LogP contribution in [0, 0.1) is 0 Å². The van der Waals surface area contributed by atoms with Gasteiger partial charge in [-0.15, -0.1) is 0 Å². The second kappa shape index (κ2) is 7.22. The van der Waals surface area contributed by atoms with Gasteiger partial charge in [0.15, 0.2) is 0 Å². The van der Waals surface area contributed by atoms with Gasteiger partial charge in [0.2, 0.25) is 5.79 Å². The molecule has 1 aromatic heterocycles. The number of benzene rings is 1. The van der Waals surface area contributed by atoms with Gasteiger partial charge in [-0.1, -0.05) is 29.3 Å². The smallest absolute Gasteiger partial charge is 0.264 e. The summed E-state index contributed by atoms with van der Waals surface area (Å²) in [5.41, 5.74) is 0.585. The predicted octanol–water partition coefficient (Wildman–Crippen LogP) is 2.74. The maximum absolute atomic E-state index is 11.0.